The highest BCUT2D eigenvalue weighted by Crippen LogP contribution is 2.20. The van der Waals surface area contributed by atoms with Crippen molar-refractivity contribution in [3.8, 4) is 0 Å². The van der Waals surface area contributed by atoms with Gasteiger partial charge >= 0.3 is 5.97 Å². The van der Waals surface area contributed by atoms with E-state index in [-0.39, 0.29) is 24.5 Å². The van der Waals surface area contributed by atoms with Crippen molar-refractivity contribution in [3.63, 3.8) is 0 Å². The van der Waals surface area contributed by atoms with Gasteiger partial charge in [0.15, 0.2) is 0 Å². The second-order valence-corrected chi connectivity index (χ2v) is 6.99. The van der Waals surface area contributed by atoms with Crippen LogP contribution in [0.1, 0.15) is 38.3 Å². The molecule has 0 saturated carbocycles. The number of carbonyl (C=O) groups is 1. The van der Waals surface area contributed by atoms with E-state index < -0.39 is 22.0 Å². The SMILES string of the molecule is CC(C)CS(=O)(=O)NC(CCC(=O)O)c1ccccc1. The number of rotatable bonds is 8. The maximum Gasteiger partial charge on any atom is 0.303 e. The van der Waals surface area contributed by atoms with Crippen LogP contribution in [0, 0.1) is 5.92 Å². The van der Waals surface area contributed by atoms with Crippen molar-refractivity contribution >= 4 is 16.0 Å². The number of hydrogen-bond donors (Lipinski definition) is 2. The second kappa shape index (κ2) is 7.40. The summed E-state index contributed by atoms with van der Waals surface area (Å²) in [5.74, 6) is -0.888. The first-order chi connectivity index (χ1) is 9.30. The fraction of sp³-hybridized carbons (Fsp3) is 0.500. The summed E-state index contributed by atoms with van der Waals surface area (Å²) in [6, 6.07) is 8.53. The van der Waals surface area contributed by atoms with Crippen LogP contribution in [0.2, 0.25) is 0 Å². The first-order valence-electron chi connectivity index (χ1n) is 6.57. The minimum absolute atomic E-state index is 0.0170. The molecule has 1 aromatic rings. The molecule has 1 rings (SSSR count). The second-order valence-electron chi connectivity index (χ2n) is 5.19. The van der Waals surface area contributed by atoms with E-state index in [1.807, 2.05) is 19.9 Å². The lowest BCUT2D eigenvalue weighted by molar-refractivity contribution is -0.137. The highest BCUT2D eigenvalue weighted by Gasteiger charge is 2.21. The van der Waals surface area contributed by atoms with Crippen LogP contribution in [-0.4, -0.2) is 25.2 Å². The number of hydrogen-bond acceptors (Lipinski definition) is 3. The molecule has 2 N–H and O–H groups in total. The monoisotopic (exact) mass is 299 g/mol. The summed E-state index contributed by atoms with van der Waals surface area (Å²) in [5.41, 5.74) is 0.779. The third kappa shape index (κ3) is 6.16. The van der Waals surface area contributed by atoms with Gasteiger partial charge in [-0.15, -0.1) is 0 Å². The lowest BCUT2D eigenvalue weighted by atomic mass is 10.0. The molecule has 0 saturated heterocycles. The molecule has 0 spiro atoms. The average molecular weight is 299 g/mol. The topological polar surface area (TPSA) is 83.5 Å². The summed E-state index contributed by atoms with van der Waals surface area (Å²) in [4.78, 5) is 10.7. The van der Waals surface area contributed by atoms with Crippen LogP contribution >= 0.6 is 0 Å². The molecule has 0 aliphatic rings. The number of carboxylic acid groups (broad SMARTS) is 1. The largest absolute Gasteiger partial charge is 0.481 e. The molecule has 0 aromatic heterocycles. The predicted molar refractivity (Wildman–Crippen MR) is 77.8 cm³/mol. The lowest BCUT2D eigenvalue weighted by Gasteiger charge is -2.19. The minimum Gasteiger partial charge on any atom is -0.481 e. The Hall–Kier alpha value is -1.40. The van der Waals surface area contributed by atoms with Gasteiger partial charge in [0.1, 0.15) is 0 Å². The van der Waals surface area contributed by atoms with Gasteiger partial charge in [0.2, 0.25) is 10.0 Å². The fourth-order valence-corrected chi connectivity index (χ4v) is 3.61. The summed E-state index contributed by atoms with van der Waals surface area (Å²) in [7, 11) is -3.42. The molecular formula is C14H21NO4S. The first kappa shape index (κ1) is 16.7. The Kier molecular flexibility index (Phi) is 6.16. The molecule has 112 valence electrons. The summed E-state index contributed by atoms with van der Waals surface area (Å²) < 4.78 is 26.6. The van der Waals surface area contributed by atoms with Gasteiger partial charge in [-0.25, -0.2) is 13.1 Å². The van der Waals surface area contributed by atoms with Gasteiger partial charge in [-0.1, -0.05) is 44.2 Å². The Morgan fingerprint density at radius 3 is 2.35 bits per heavy atom. The molecule has 1 atom stereocenters. The fourth-order valence-electron chi connectivity index (χ4n) is 1.95. The van der Waals surface area contributed by atoms with Crippen LogP contribution < -0.4 is 4.72 Å². The first-order valence-corrected chi connectivity index (χ1v) is 8.22. The zero-order chi connectivity index (χ0) is 15.2. The van der Waals surface area contributed by atoms with E-state index >= 15 is 0 Å². The lowest BCUT2D eigenvalue weighted by Crippen LogP contribution is -2.32. The highest BCUT2D eigenvalue weighted by molar-refractivity contribution is 7.89. The molecule has 1 unspecified atom stereocenters. The maximum absolute atomic E-state index is 12.0. The van der Waals surface area contributed by atoms with Gasteiger partial charge in [0, 0.05) is 12.5 Å². The standard InChI is InChI=1S/C14H21NO4S/c1-11(2)10-20(18,19)15-13(8-9-14(16)17)12-6-4-3-5-7-12/h3-7,11,13,15H,8-10H2,1-2H3,(H,16,17). The number of nitrogens with one attached hydrogen (secondary N) is 1. The van der Waals surface area contributed by atoms with Crippen molar-refractivity contribution in [2.24, 2.45) is 5.92 Å². The van der Waals surface area contributed by atoms with Crippen molar-refractivity contribution in [1.29, 1.82) is 0 Å². The Morgan fingerprint density at radius 1 is 1.25 bits per heavy atom. The van der Waals surface area contributed by atoms with Crippen molar-refractivity contribution in [3.05, 3.63) is 35.9 Å². The van der Waals surface area contributed by atoms with Gasteiger partial charge in [0.05, 0.1) is 5.75 Å². The molecule has 6 heteroatoms. The molecule has 0 fully saturated rings. The van der Waals surface area contributed by atoms with Crippen LogP contribution in [0.4, 0.5) is 0 Å². The predicted octanol–water partition coefficient (Wildman–Crippen LogP) is 2.17. The smallest absolute Gasteiger partial charge is 0.303 e. The van der Waals surface area contributed by atoms with E-state index in [1.165, 1.54) is 0 Å². The molecule has 0 amide bonds. The average Bonchev–Trinajstić information content (AvgIpc) is 2.33. The Bertz CT molecular complexity index is 525. The van der Waals surface area contributed by atoms with Gasteiger partial charge in [-0.3, -0.25) is 4.79 Å². The van der Waals surface area contributed by atoms with Crippen molar-refractivity contribution < 1.29 is 18.3 Å². The molecular weight excluding hydrogens is 278 g/mol. The number of aliphatic carboxylic acids is 1. The molecule has 0 aliphatic carbocycles. The van der Waals surface area contributed by atoms with Gasteiger partial charge < -0.3 is 5.11 Å². The van der Waals surface area contributed by atoms with Crippen molar-refractivity contribution in [2.45, 2.75) is 32.7 Å². The molecule has 20 heavy (non-hydrogen) atoms. The van der Waals surface area contributed by atoms with Gasteiger partial charge in [0.25, 0.3) is 0 Å². The summed E-state index contributed by atoms with van der Waals surface area (Å²) in [6.07, 6.45) is 0.153. The van der Waals surface area contributed by atoms with Gasteiger partial charge in [-0.2, -0.15) is 0 Å². The zero-order valence-electron chi connectivity index (χ0n) is 11.7. The van der Waals surface area contributed by atoms with E-state index in [9.17, 15) is 13.2 Å². The minimum atomic E-state index is -3.42. The molecule has 0 heterocycles. The van der Waals surface area contributed by atoms with Crippen LogP contribution in [0.5, 0.6) is 0 Å². The number of benzene rings is 1. The normalized spacial score (nSPS) is 13.3. The number of carboxylic acids is 1. The summed E-state index contributed by atoms with van der Waals surface area (Å²) in [6.45, 7) is 3.65. The van der Waals surface area contributed by atoms with Crippen LogP contribution in [0.15, 0.2) is 30.3 Å². The molecule has 0 bridgehead atoms. The molecule has 1 aromatic carbocycles. The van der Waals surface area contributed by atoms with Crippen LogP contribution in [0.3, 0.4) is 0 Å². The maximum atomic E-state index is 12.0. The van der Waals surface area contributed by atoms with E-state index in [1.54, 1.807) is 24.3 Å². The Balaban J connectivity index is 2.86. The zero-order valence-corrected chi connectivity index (χ0v) is 12.6. The van der Waals surface area contributed by atoms with Crippen molar-refractivity contribution in [2.75, 3.05) is 5.75 Å². The third-order valence-corrected chi connectivity index (χ3v) is 4.47. The molecule has 0 radical (unpaired) electrons. The quantitative estimate of drug-likeness (QED) is 0.770. The van der Waals surface area contributed by atoms with Crippen LogP contribution in [0.25, 0.3) is 0 Å². The highest BCUT2D eigenvalue weighted by atomic mass is 32.2. The van der Waals surface area contributed by atoms with E-state index in [0.717, 1.165) is 5.56 Å². The van der Waals surface area contributed by atoms with Crippen molar-refractivity contribution in [1.82, 2.24) is 4.72 Å². The van der Waals surface area contributed by atoms with Crippen LogP contribution in [-0.2, 0) is 14.8 Å². The van der Waals surface area contributed by atoms with E-state index in [4.69, 9.17) is 5.11 Å². The molecule has 5 nitrogen and oxygen atoms in total. The third-order valence-electron chi connectivity index (χ3n) is 2.72. The number of sulfonamides is 1. The Morgan fingerprint density at radius 2 is 1.85 bits per heavy atom. The summed E-state index contributed by atoms with van der Waals surface area (Å²) >= 11 is 0. The molecule has 0 aliphatic heterocycles. The summed E-state index contributed by atoms with van der Waals surface area (Å²) in [5, 5.41) is 8.78. The Labute approximate surface area is 120 Å². The van der Waals surface area contributed by atoms with Gasteiger partial charge in [-0.05, 0) is 17.9 Å². The van der Waals surface area contributed by atoms with E-state index in [0.29, 0.717) is 0 Å². The van der Waals surface area contributed by atoms with E-state index in [2.05, 4.69) is 4.72 Å².